The summed E-state index contributed by atoms with van der Waals surface area (Å²) in [5.41, 5.74) is 0. The van der Waals surface area contributed by atoms with Crippen molar-refractivity contribution < 1.29 is 9.53 Å². The van der Waals surface area contributed by atoms with Crippen LogP contribution in [0.3, 0.4) is 0 Å². The Morgan fingerprint density at radius 2 is 2.33 bits per heavy atom. The van der Waals surface area contributed by atoms with Gasteiger partial charge in [-0.05, 0) is 12.1 Å². The summed E-state index contributed by atoms with van der Waals surface area (Å²) in [4.78, 5) is 17.2. The van der Waals surface area contributed by atoms with Gasteiger partial charge in [0.05, 0.1) is 13.5 Å². The normalized spacial score (nSPS) is 11.7. The van der Waals surface area contributed by atoms with Crippen molar-refractivity contribution in [1.82, 2.24) is 4.98 Å². The van der Waals surface area contributed by atoms with Crippen molar-refractivity contribution in [3.63, 3.8) is 0 Å². The number of thiocarbonyl (C=S) groups is 1. The number of nitrogens with zero attached hydrogens (tertiary/aromatic N) is 2. The molecule has 0 radical (unpaired) electrons. The van der Waals surface area contributed by atoms with Crippen LogP contribution in [0.4, 0.5) is 5.82 Å². The SMILES string of the molecule is COC(=O)CC(C)SC(=S)N(C)c1ccccn1. The molecule has 1 unspecified atom stereocenters. The van der Waals surface area contributed by atoms with Crippen LogP contribution in [-0.4, -0.2) is 34.7 Å². The Balaban J connectivity index is 2.53. The summed E-state index contributed by atoms with van der Waals surface area (Å²) in [6.45, 7) is 1.94. The number of rotatable bonds is 4. The largest absolute Gasteiger partial charge is 0.469 e. The number of aromatic nitrogens is 1. The van der Waals surface area contributed by atoms with Gasteiger partial charge in [-0.25, -0.2) is 4.98 Å². The summed E-state index contributed by atoms with van der Waals surface area (Å²) in [5.74, 6) is 0.568. The highest BCUT2D eigenvalue weighted by Gasteiger charge is 2.15. The van der Waals surface area contributed by atoms with Gasteiger partial charge >= 0.3 is 5.97 Å². The lowest BCUT2D eigenvalue weighted by Gasteiger charge is -2.20. The second kappa shape index (κ2) is 7.33. The maximum absolute atomic E-state index is 11.1. The van der Waals surface area contributed by atoms with Crippen molar-refractivity contribution in [2.75, 3.05) is 19.1 Å². The van der Waals surface area contributed by atoms with Crippen LogP contribution >= 0.6 is 24.0 Å². The number of ether oxygens (including phenoxy) is 1. The fourth-order valence-electron chi connectivity index (χ4n) is 1.26. The number of carbonyl (C=O) groups excluding carboxylic acids is 1. The molecule has 0 N–H and O–H groups in total. The Morgan fingerprint density at radius 1 is 1.61 bits per heavy atom. The maximum atomic E-state index is 11.1. The number of anilines is 1. The van der Waals surface area contributed by atoms with Gasteiger partial charge in [-0.2, -0.15) is 0 Å². The van der Waals surface area contributed by atoms with Crippen LogP contribution in [0, 0.1) is 0 Å². The third-order valence-corrected chi connectivity index (χ3v) is 3.86. The molecular weight excluding hydrogens is 268 g/mol. The van der Waals surface area contributed by atoms with E-state index in [0.29, 0.717) is 10.7 Å². The molecule has 0 saturated carbocycles. The second-order valence-electron chi connectivity index (χ2n) is 3.72. The van der Waals surface area contributed by atoms with Crippen molar-refractivity contribution >= 4 is 40.1 Å². The van der Waals surface area contributed by atoms with Crippen LogP contribution in [0.2, 0.25) is 0 Å². The molecule has 0 saturated heterocycles. The average molecular weight is 284 g/mol. The summed E-state index contributed by atoms with van der Waals surface area (Å²) in [5, 5.41) is 0.0797. The Labute approximate surface area is 117 Å². The summed E-state index contributed by atoms with van der Waals surface area (Å²) in [6, 6.07) is 5.65. The van der Waals surface area contributed by atoms with Gasteiger partial charge in [0.2, 0.25) is 0 Å². The lowest BCUT2D eigenvalue weighted by molar-refractivity contribution is -0.140. The van der Waals surface area contributed by atoms with Crippen molar-refractivity contribution in [2.24, 2.45) is 0 Å². The third kappa shape index (κ3) is 4.62. The average Bonchev–Trinajstić information content (AvgIpc) is 2.38. The number of methoxy groups -OCH3 is 1. The van der Waals surface area contributed by atoms with Crippen molar-refractivity contribution in [2.45, 2.75) is 18.6 Å². The van der Waals surface area contributed by atoms with E-state index in [9.17, 15) is 4.79 Å². The highest BCUT2D eigenvalue weighted by Crippen LogP contribution is 2.21. The van der Waals surface area contributed by atoms with E-state index in [4.69, 9.17) is 12.2 Å². The highest BCUT2D eigenvalue weighted by molar-refractivity contribution is 8.23. The fourth-order valence-corrected chi connectivity index (χ4v) is 2.66. The second-order valence-corrected chi connectivity index (χ2v) is 5.79. The molecule has 4 nitrogen and oxygen atoms in total. The van der Waals surface area contributed by atoms with Crippen LogP contribution in [0.25, 0.3) is 0 Å². The molecule has 6 heteroatoms. The number of pyridine rings is 1. The molecule has 1 atom stereocenters. The molecule has 1 aromatic rings. The van der Waals surface area contributed by atoms with E-state index in [2.05, 4.69) is 9.72 Å². The first-order chi connectivity index (χ1) is 8.54. The van der Waals surface area contributed by atoms with E-state index in [0.717, 1.165) is 5.82 Å². The number of esters is 1. The van der Waals surface area contributed by atoms with Crippen molar-refractivity contribution in [1.29, 1.82) is 0 Å². The van der Waals surface area contributed by atoms with Gasteiger partial charge in [-0.1, -0.05) is 37.0 Å². The number of thioether (sulfide) groups is 1. The third-order valence-electron chi connectivity index (χ3n) is 2.25. The Kier molecular flexibility index (Phi) is 6.07. The molecule has 0 bridgehead atoms. The van der Waals surface area contributed by atoms with E-state index in [1.807, 2.05) is 37.1 Å². The zero-order valence-corrected chi connectivity index (χ0v) is 12.3. The van der Waals surface area contributed by atoms with E-state index in [-0.39, 0.29) is 11.2 Å². The zero-order chi connectivity index (χ0) is 13.5. The van der Waals surface area contributed by atoms with Crippen LogP contribution in [0.1, 0.15) is 13.3 Å². The molecule has 0 aliphatic rings. The summed E-state index contributed by atoms with van der Waals surface area (Å²) < 4.78 is 5.31. The van der Waals surface area contributed by atoms with Gasteiger partial charge in [-0.15, -0.1) is 0 Å². The predicted molar refractivity (Wildman–Crippen MR) is 78.9 cm³/mol. The van der Waals surface area contributed by atoms with Gasteiger partial charge in [0.25, 0.3) is 0 Å². The standard InChI is InChI=1S/C12H16N2O2S2/c1-9(8-11(15)16-3)18-12(17)14(2)10-6-4-5-7-13-10/h4-7,9H,8H2,1-3H3. The number of carbonyl (C=O) groups is 1. The first-order valence-corrected chi connectivity index (χ1v) is 6.75. The topological polar surface area (TPSA) is 42.4 Å². The van der Waals surface area contributed by atoms with Crippen LogP contribution in [0.15, 0.2) is 24.4 Å². The van der Waals surface area contributed by atoms with E-state index < -0.39 is 0 Å². The molecule has 0 aromatic carbocycles. The molecule has 1 aromatic heterocycles. The van der Waals surface area contributed by atoms with Gasteiger partial charge in [0.15, 0.2) is 0 Å². The van der Waals surface area contributed by atoms with E-state index in [1.165, 1.54) is 18.9 Å². The molecule has 0 fully saturated rings. The molecule has 0 aliphatic heterocycles. The first kappa shape index (κ1) is 14.9. The lowest BCUT2D eigenvalue weighted by Crippen LogP contribution is -2.24. The van der Waals surface area contributed by atoms with Crippen LogP contribution < -0.4 is 4.90 Å². The summed E-state index contributed by atoms with van der Waals surface area (Å²) in [7, 11) is 3.25. The van der Waals surface area contributed by atoms with E-state index >= 15 is 0 Å². The first-order valence-electron chi connectivity index (χ1n) is 5.46. The Morgan fingerprint density at radius 3 is 2.89 bits per heavy atom. The predicted octanol–water partition coefficient (Wildman–Crippen LogP) is 2.49. The monoisotopic (exact) mass is 284 g/mol. The molecule has 98 valence electrons. The fraction of sp³-hybridized carbons (Fsp3) is 0.417. The minimum Gasteiger partial charge on any atom is -0.469 e. The minimum absolute atomic E-state index is 0.0797. The quantitative estimate of drug-likeness (QED) is 0.625. The van der Waals surface area contributed by atoms with Crippen molar-refractivity contribution in [3.05, 3.63) is 24.4 Å². The van der Waals surface area contributed by atoms with Crippen LogP contribution in [-0.2, 0) is 9.53 Å². The zero-order valence-electron chi connectivity index (χ0n) is 10.6. The molecule has 1 rings (SSSR count). The van der Waals surface area contributed by atoms with Crippen molar-refractivity contribution in [3.8, 4) is 0 Å². The molecule has 0 amide bonds. The van der Waals surface area contributed by atoms with Gasteiger partial charge < -0.3 is 9.64 Å². The maximum Gasteiger partial charge on any atom is 0.306 e. The molecule has 0 spiro atoms. The van der Waals surface area contributed by atoms with Gasteiger partial charge in [-0.3, -0.25) is 4.79 Å². The van der Waals surface area contributed by atoms with Crippen LogP contribution in [0.5, 0.6) is 0 Å². The summed E-state index contributed by atoms with van der Waals surface area (Å²) >= 11 is 6.78. The Bertz CT molecular complexity index is 412. The highest BCUT2D eigenvalue weighted by atomic mass is 32.2. The lowest BCUT2D eigenvalue weighted by atomic mass is 10.3. The smallest absolute Gasteiger partial charge is 0.306 e. The Hall–Kier alpha value is -1.14. The summed E-state index contributed by atoms with van der Waals surface area (Å²) in [6.07, 6.45) is 2.06. The molecular formula is C12H16N2O2S2. The van der Waals surface area contributed by atoms with E-state index in [1.54, 1.807) is 6.20 Å². The van der Waals surface area contributed by atoms with Gasteiger partial charge in [0, 0.05) is 18.5 Å². The van der Waals surface area contributed by atoms with Gasteiger partial charge in [0.1, 0.15) is 10.1 Å². The minimum atomic E-state index is -0.224. The number of hydrogen-bond acceptors (Lipinski definition) is 5. The molecule has 0 aliphatic carbocycles. The molecule has 18 heavy (non-hydrogen) atoms. The number of hydrogen-bond donors (Lipinski definition) is 0. The molecule has 1 heterocycles.